The molecule has 66 heavy (non-hydrogen) atoms. The highest BCUT2D eigenvalue weighted by Crippen LogP contribution is 2.36. The zero-order valence-electron chi connectivity index (χ0n) is 39.6. The Morgan fingerprint density at radius 2 is 1.06 bits per heavy atom. The normalized spacial score (nSPS) is 15.5. The molecule has 2 aromatic heterocycles. The first kappa shape index (κ1) is 55.4. The van der Waals surface area contributed by atoms with Gasteiger partial charge in [0.15, 0.2) is 0 Å². The Bertz CT molecular complexity index is 2200. The number of carbonyl (C=O) groups is 3. The van der Waals surface area contributed by atoms with E-state index < -0.39 is 5.97 Å². The lowest BCUT2D eigenvalue weighted by molar-refractivity contribution is -0.143. The molecule has 4 heterocycles. The summed E-state index contributed by atoms with van der Waals surface area (Å²) in [7, 11) is 0.0617. The topological polar surface area (TPSA) is 153 Å². The fraction of sp³-hybridized carbons (Fsp3) is 0.380. The van der Waals surface area contributed by atoms with Gasteiger partial charge >= 0.3 is 32.7 Å². The number of hydrogen-bond acceptors (Lipinski definition) is 11. The predicted octanol–water partition coefficient (Wildman–Crippen LogP) is 9.61. The number of halogens is 2. The minimum Gasteiger partial charge on any atom is -0.481 e. The van der Waals surface area contributed by atoms with Gasteiger partial charge in [0.05, 0.1) is 60.6 Å². The molecule has 7 rings (SSSR count). The average molecular weight is 988 g/mol. The molecule has 12 nitrogen and oxygen atoms in total. The number of nitrogens with zero attached hydrogens (tertiary/aromatic N) is 2. The van der Waals surface area contributed by atoms with Gasteiger partial charge in [-0.15, -0.1) is 0 Å². The van der Waals surface area contributed by atoms with Crippen molar-refractivity contribution < 1.29 is 47.6 Å². The largest absolute Gasteiger partial charge is 0.494 e. The third-order valence-electron chi connectivity index (χ3n) is 10.9. The van der Waals surface area contributed by atoms with E-state index in [0.717, 1.165) is 37.9 Å². The van der Waals surface area contributed by atoms with E-state index in [9.17, 15) is 14.4 Å². The van der Waals surface area contributed by atoms with Crippen LogP contribution in [0, 0.1) is 0 Å². The molecule has 3 aromatic carbocycles. The van der Waals surface area contributed by atoms with Crippen molar-refractivity contribution in [3.63, 3.8) is 0 Å². The summed E-state index contributed by atoms with van der Waals surface area (Å²) in [5.41, 5.74) is 4.59. The first-order valence-electron chi connectivity index (χ1n) is 21.6. The predicted molar refractivity (Wildman–Crippen MR) is 265 cm³/mol. The maximum atomic E-state index is 11.5. The summed E-state index contributed by atoms with van der Waals surface area (Å²) < 4.78 is 33.4. The van der Waals surface area contributed by atoms with Crippen molar-refractivity contribution in [2.45, 2.75) is 111 Å². The summed E-state index contributed by atoms with van der Waals surface area (Å²) in [6.45, 7) is 20.7. The SMILES string of the molecule is CC1(C)OBOC1(C)C.CCOC(=O)Cc1ccc(B2OC(C)(C)C(C)(C)O2)cc1.CCOC(=O)Cc1ccc(Br)cc1.Clc1ccccn1.O=C(O)Cc1ccc(-c2ccccn2)cc1. The second kappa shape index (κ2) is 26.4. The van der Waals surface area contributed by atoms with E-state index in [-0.39, 0.29) is 54.3 Å². The van der Waals surface area contributed by atoms with Crippen LogP contribution in [0.3, 0.4) is 0 Å². The number of ether oxygens (including phenoxy) is 2. The quantitative estimate of drug-likeness (QED) is 0.0806. The number of benzene rings is 3. The zero-order chi connectivity index (χ0) is 49.0. The molecule has 352 valence electrons. The number of aromatic nitrogens is 2. The molecule has 1 N–H and O–H groups in total. The second-order valence-corrected chi connectivity index (χ2v) is 18.3. The Hall–Kier alpha value is -4.89. The summed E-state index contributed by atoms with van der Waals surface area (Å²) >= 11 is 8.75. The molecule has 2 saturated heterocycles. The number of esters is 2. The van der Waals surface area contributed by atoms with Crippen LogP contribution in [0.25, 0.3) is 11.3 Å². The molecule has 0 atom stereocenters. The van der Waals surface area contributed by atoms with Crippen molar-refractivity contribution in [1.82, 2.24) is 9.97 Å². The zero-order valence-corrected chi connectivity index (χ0v) is 42.0. The molecule has 0 spiro atoms. The van der Waals surface area contributed by atoms with E-state index >= 15 is 0 Å². The second-order valence-electron chi connectivity index (χ2n) is 17.0. The molecule has 0 radical (unpaired) electrons. The van der Waals surface area contributed by atoms with Gasteiger partial charge in [-0.25, -0.2) is 4.98 Å². The lowest BCUT2D eigenvalue weighted by atomic mass is 9.79. The van der Waals surface area contributed by atoms with Gasteiger partial charge in [0.1, 0.15) is 5.15 Å². The molecule has 0 bridgehead atoms. The first-order valence-corrected chi connectivity index (χ1v) is 22.8. The van der Waals surface area contributed by atoms with Crippen LogP contribution in [0.1, 0.15) is 85.9 Å². The van der Waals surface area contributed by atoms with E-state index in [0.29, 0.717) is 32.5 Å². The molecular formula is C50H62B2BrClN2O10. The Morgan fingerprint density at radius 3 is 1.42 bits per heavy atom. The minimum atomic E-state index is -0.814. The lowest BCUT2D eigenvalue weighted by Gasteiger charge is -2.32. The van der Waals surface area contributed by atoms with Gasteiger partial charge in [0, 0.05) is 22.4 Å². The molecule has 0 amide bonds. The van der Waals surface area contributed by atoms with Crippen LogP contribution in [0.2, 0.25) is 5.15 Å². The maximum Gasteiger partial charge on any atom is 0.494 e. The number of rotatable bonds is 10. The van der Waals surface area contributed by atoms with E-state index in [1.807, 2.05) is 159 Å². The van der Waals surface area contributed by atoms with E-state index in [2.05, 4.69) is 25.9 Å². The molecule has 2 aliphatic heterocycles. The van der Waals surface area contributed by atoms with Crippen LogP contribution in [0.5, 0.6) is 0 Å². The van der Waals surface area contributed by atoms with Crippen LogP contribution < -0.4 is 5.46 Å². The molecule has 2 fully saturated rings. The van der Waals surface area contributed by atoms with E-state index in [1.54, 1.807) is 32.3 Å². The lowest BCUT2D eigenvalue weighted by Crippen LogP contribution is -2.41. The number of pyridine rings is 2. The van der Waals surface area contributed by atoms with Crippen molar-refractivity contribution in [3.05, 3.63) is 148 Å². The van der Waals surface area contributed by atoms with E-state index in [4.69, 9.17) is 44.8 Å². The molecule has 2 aliphatic rings. The highest BCUT2D eigenvalue weighted by atomic mass is 79.9. The molecular weight excluding hydrogens is 926 g/mol. The van der Waals surface area contributed by atoms with Gasteiger partial charge in [-0.1, -0.05) is 100 Å². The number of hydrogen-bond donors (Lipinski definition) is 1. The van der Waals surface area contributed by atoms with Crippen LogP contribution in [-0.4, -0.2) is 83.4 Å². The van der Waals surface area contributed by atoms with Gasteiger partial charge in [0.25, 0.3) is 0 Å². The first-order chi connectivity index (χ1) is 31.1. The van der Waals surface area contributed by atoms with Crippen LogP contribution in [0.15, 0.2) is 126 Å². The summed E-state index contributed by atoms with van der Waals surface area (Å²) in [5, 5.41) is 9.18. The van der Waals surface area contributed by atoms with Crippen molar-refractivity contribution in [3.8, 4) is 11.3 Å². The summed E-state index contributed by atoms with van der Waals surface area (Å²) in [6, 6.07) is 33.9. The summed E-state index contributed by atoms with van der Waals surface area (Å²) in [4.78, 5) is 41.0. The maximum absolute atomic E-state index is 11.5. The molecule has 0 aliphatic carbocycles. The fourth-order valence-corrected chi connectivity index (χ4v) is 6.04. The Balaban J connectivity index is 0.000000230. The number of aliphatic carboxylic acids is 1. The van der Waals surface area contributed by atoms with Crippen LogP contribution in [-0.2, 0) is 61.7 Å². The highest BCUT2D eigenvalue weighted by Gasteiger charge is 2.51. The summed E-state index contributed by atoms with van der Waals surface area (Å²) in [5.74, 6) is -1.20. The molecule has 5 aromatic rings. The van der Waals surface area contributed by atoms with Crippen molar-refractivity contribution in [2.75, 3.05) is 13.2 Å². The fourth-order valence-electron chi connectivity index (χ4n) is 5.65. The number of carboxylic acid groups (broad SMARTS) is 1. The van der Waals surface area contributed by atoms with Crippen molar-refractivity contribution in [2.24, 2.45) is 0 Å². The third kappa shape index (κ3) is 18.8. The standard InChI is InChI=1S/C16H23BO4.C13H11NO2.C10H11BrO2.C6H13BO2.C5H4ClN/c1-6-19-14(18)11-12-7-9-13(10-8-12)17-20-15(2,3)16(4,5)21-17;15-13(16)9-10-4-6-11(7-5-10)12-3-1-2-8-14-12;1-2-13-10(12)7-8-3-5-9(11)6-4-8;1-5(2)6(3,4)9-7-8-5;6-5-3-1-2-4-7-5/h7-10H,6,11H2,1-5H3;1-8H,9H2,(H,15,16);3-6H,2,7H2,1H3;7H,1-4H3;1-4H. The Morgan fingerprint density at radius 1 is 0.621 bits per heavy atom. The third-order valence-corrected chi connectivity index (χ3v) is 11.7. The number of carbonyl (C=O) groups excluding carboxylic acids is 2. The van der Waals surface area contributed by atoms with Crippen LogP contribution >= 0.6 is 27.5 Å². The van der Waals surface area contributed by atoms with Crippen LogP contribution in [0.4, 0.5) is 0 Å². The Kier molecular flexibility index (Phi) is 22.2. The van der Waals surface area contributed by atoms with E-state index in [1.165, 1.54) is 0 Å². The van der Waals surface area contributed by atoms with Crippen molar-refractivity contribution in [1.29, 1.82) is 0 Å². The van der Waals surface area contributed by atoms with Gasteiger partial charge in [0.2, 0.25) is 0 Å². The molecule has 0 saturated carbocycles. The summed E-state index contributed by atoms with van der Waals surface area (Å²) in [6.07, 6.45) is 4.09. The minimum absolute atomic E-state index is 0.0580. The van der Waals surface area contributed by atoms with Gasteiger partial charge < -0.3 is 33.2 Å². The van der Waals surface area contributed by atoms with Crippen molar-refractivity contribution >= 4 is 65.7 Å². The highest BCUT2D eigenvalue weighted by molar-refractivity contribution is 9.10. The number of carboxylic acids is 1. The van der Waals surface area contributed by atoms with Gasteiger partial charge in [-0.2, -0.15) is 0 Å². The smallest absolute Gasteiger partial charge is 0.481 e. The average Bonchev–Trinajstić information content (AvgIpc) is 3.65. The monoisotopic (exact) mass is 986 g/mol. The van der Waals surface area contributed by atoms with Gasteiger partial charge in [-0.3, -0.25) is 19.4 Å². The Labute approximate surface area is 404 Å². The van der Waals surface area contributed by atoms with Gasteiger partial charge in [-0.05, 0) is 128 Å². The molecule has 0 unspecified atom stereocenters. The molecule has 16 heteroatoms.